The van der Waals surface area contributed by atoms with Crippen molar-refractivity contribution in [2.75, 3.05) is 31.6 Å². The smallest absolute Gasteiger partial charge is 0.321 e. The number of nitrogens with zero attached hydrogens (tertiary/aromatic N) is 1. The number of rotatable bonds is 11. The quantitative estimate of drug-likeness (QED) is 0.159. The van der Waals surface area contributed by atoms with Gasteiger partial charge in [-0.05, 0) is 115 Å². The van der Waals surface area contributed by atoms with E-state index in [0.717, 1.165) is 40.8 Å². The number of halogens is 1. The molecule has 2 aliphatic rings. The van der Waals surface area contributed by atoms with Crippen LogP contribution in [0.25, 0.3) is 10.9 Å². The summed E-state index contributed by atoms with van der Waals surface area (Å²) in [5, 5.41) is 4.50. The summed E-state index contributed by atoms with van der Waals surface area (Å²) in [4.78, 5) is 30.7. The van der Waals surface area contributed by atoms with E-state index in [1.54, 1.807) is 25.7 Å². The Labute approximate surface area is 249 Å². The zero-order valence-electron chi connectivity index (χ0n) is 23.0. The Morgan fingerprint density at radius 2 is 2.13 bits per heavy atom. The van der Waals surface area contributed by atoms with Gasteiger partial charge in [-0.3, -0.25) is 14.5 Å². The van der Waals surface area contributed by atoms with Crippen LogP contribution in [0.1, 0.15) is 49.3 Å². The molecule has 2 heterocycles. The average molecular weight is 660 g/mol. The van der Waals surface area contributed by atoms with Crippen LogP contribution in [0.15, 0.2) is 42.6 Å². The number of ether oxygens (including phenoxy) is 1. The number of hydrogen-bond acceptors (Lipinski definition) is 6. The molecule has 0 bridgehead atoms. The molecule has 2 aromatic carbocycles. The Balaban J connectivity index is 1.17. The molecule has 1 fully saturated rings. The molecular weight excluding hydrogens is 621 g/mol. The number of nitrogens with one attached hydrogen (secondary N) is 2. The summed E-state index contributed by atoms with van der Waals surface area (Å²) in [5.74, 6) is 2.89. The summed E-state index contributed by atoms with van der Waals surface area (Å²) in [7, 11) is 1.80. The highest BCUT2D eigenvalue weighted by molar-refractivity contribution is 14.1. The highest BCUT2D eigenvalue weighted by atomic mass is 127. The van der Waals surface area contributed by atoms with Gasteiger partial charge in [0.25, 0.3) is 0 Å². The monoisotopic (exact) mass is 659 g/mol. The van der Waals surface area contributed by atoms with E-state index in [-0.39, 0.29) is 17.8 Å². The number of piperidine rings is 1. The molecule has 1 aliphatic carbocycles. The van der Waals surface area contributed by atoms with Gasteiger partial charge in [-0.1, -0.05) is 25.1 Å². The van der Waals surface area contributed by atoms with E-state index in [4.69, 9.17) is 4.74 Å². The van der Waals surface area contributed by atoms with E-state index in [9.17, 15) is 9.59 Å². The third-order valence-electron chi connectivity index (χ3n) is 8.25. The SMILES string of the molecule is CCCN1C[C@H](CSCC(=O)Oc2ccc(C[C@H](NC)C(C)=O)cc2I)C[C@@H]2c3cccc4[nH]cc(c34)C[C@H]21. The number of fused-ring (bicyclic) bond motifs is 2. The summed E-state index contributed by atoms with van der Waals surface area (Å²) in [6.45, 7) is 6.08. The standard InChI is InChI=1S/C31H38IN3O3S/c1-4-10-35-16-21(11-24-23-6-5-7-26-31(23)22(15-34-26)14-28(24)35)17-39-18-30(37)38-29-9-8-20(12-25(29)32)13-27(33-3)19(2)36/h5-9,12,15,21,24,27-28,33-34H,4,10-11,13-14,16-18H2,1-3H3/t21-,24-,27+,28-/m1/s1. The van der Waals surface area contributed by atoms with Crippen LogP contribution in [-0.2, 0) is 22.4 Å². The fourth-order valence-electron chi connectivity index (χ4n) is 6.46. The van der Waals surface area contributed by atoms with Gasteiger partial charge in [0.1, 0.15) is 11.5 Å². The van der Waals surface area contributed by atoms with Gasteiger partial charge in [0.05, 0.1) is 15.4 Å². The first-order valence-corrected chi connectivity index (χ1v) is 16.2. The number of benzene rings is 2. The first-order chi connectivity index (χ1) is 18.9. The maximum atomic E-state index is 12.7. The van der Waals surface area contributed by atoms with Crippen LogP contribution in [0.2, 0.25) is 0 Å². The van der Waals surface area contributed by atoms with Crippen LogP contribution in [0.5, 0.6) is 5.75 Å². The predicted molar refractivity (Wildman–Crippen MR) is 168 cm³/mol. The molecule has 8 heteroatoms. The van der Waals surface area contributed by atoms with Gasteiger partial charge in [0.2, 0.25) is 0 Å². The molecule has 6 nitrogen and oxygen atoms in total. The Kier molecular flexibility index (Phi) is 9.36. The molecule has 3 aromatic rings. The summed E-state index contributed by atoms with van der Waals surface area (Å²) in [6, 6.07) is 12.8. The second-order valence-corrected chi connectivity index (χ2v) is 13.2. The second kappa shape index (κ2) is 12.7. The molecule has 5 rings (SSSR count). The zero-order chi connectivity index (χ0) is 27.5. The van der Waals surface area contributed by atoms with Crippen molar-refractivity contribution in [3.8, 4) is 5.75 Å². The first kappa shape index (κ1) is 28.6. The number of hydrogen-bond donors (Lipinski definition) is 2. The van der Waals surface area contributed by atoms with Crippen LogP contribution in [0.3, 0.4) is 0 Å². The molecule has 0 radical (unpaired) electrons. The van der Waals surface area contributed by atoms with Crippen LogP contribution >= 0.6 is 34.4 Å². The number of aromatic amines is 1. The number of Topliss-reactive ketones (excluding diaryl/α,β-unsaturated/α-hetero) is 1. The first-order valence-electron chi connectivity index (χ1n) is 13.9. The molecule has 2 N–H and O–H groups in total. The van der Waals surface area contributed by atoms with Gasteiger partial charge < -0.3 is 15.0 Å². The average Bonchev–Trinajstić information content (AvgIpc) is 3.33. The van der Waals surface area contributed by atoms with Crippen LogP contribution in [-0.4, -0.2) is 65.4 Å². The molecular formula is C31H38IN3O3S. The number of H-pyrrole nitrogens is 1. The Bertz CT molecular complexity index is 1340. The maximum Gasteiger partial charge on any atom is 0.321 e. The zero-order valence-corrected chi connectivity index (χ0v) is 25.9. The molecule has 208 valence electrons. The number of aromatic nitrogens is 1. The summed E-state index contributed by atoms with van der Waals surface area (Å²) < 4.78 is 6.60. The highest BCUT2D eigenvalue weighted by Gasteiger charge is 2.40. The Morgan fingerprint density at radius 1 is 1.28 bits per heavy atom. The lowest BCUT2D eigenvalue weighted by molar-refractivity contribution is -0.131. The number of likely N-dealkylation sites (tertiary alicyclic amines) is 1. The van der Waals surface area contributed by atoms with E-state index < -0.39 is 0 Å². The molecule has 0 unspecified atom stereocenters. The molecule has 1 saturated heterocycles. The third kappa shape index (κ3) is 6.39. The van der Waals surface area contributed by atoms with E-state index in [0.29, 0.717) is 35.8 Å². The van der Waals surface area contributed by atoms with Crippen LogP contribution in [0.4, 0.5) is 0 Å². The van der Waals surface area contributed by atoms with Crippen molar-refractivity contribution >= 4 is 57.0 Å². The van der Waals surface area contributed by atoms with Crippen molar-refractivity contribution in [1.82, 2.24) is 15.2 Å². The molecule has 0 saturated carbocycles. The minimum Gasteiger partial charge on any atom is -0.425 e. The van der Waals surface area contributed by atoms with E-state index in [1.165, 1.54) is 28.5 Å². The fraction of sp³-hybridized carbons (Fsp3) is 0.484. The van der Waals surface area contributed by atoms with Crippen LogP contribution in [0, 0.1) is 9.49 Å². The lowest BCUT2D eigenvalue weighted by Crippen LogP contribution is -2.50. The summed E-state index contributed by atoms with van der Waals surface area (Å²) in [5.41, 5.74) is 5.26. The minimum atomic E-state index is -0.208. The van der Waals surface area contributed by atoms with Gasteiger partial charge in [-0.2, -0.15) is 0 Å². The Morgan fingerprint density at radius 3 is 2.87 bits per heavy atom. The van der Waals surface area contributed by atoms with Crippen molar-refractivity contribution in [1.29, 1.82) is 0 Å². The van der Waals surface area contributed by atoms with E-state index in [2.05, 4.69) is 69.1 Å². The van der Waals surface area contributed by atoms with E-state index >= 15 is 0 Å². The summed E-state index contributed by atoms with van der Waals surface area (Å²) >= 11 is 3.90. The van der Waals surface area contributed by atoms with Crippen molar-refractivity contribution in [3.05, 3.63) is 62.9 Å². The van der Waals surface area contributed by atoms with Crippen LogP contribution < -0.4 is 10.1 Å². The lowest BCUT2D eigenvalue weighted by Gasteiger charge is -2.47. The van der Waals surface area contributed by atoms with Crippen molar-refractivity contribution in [3.63, 3.8) is 0 Å². The summed E-state index contributed by atoms with van der Waals surface area (Å²) in [6.07, 6.45) is 6.27. The third-order valence-corrected chi connectivity index (χ3v) is 10.2. The van der Waals surface area contributed by atoms with Gasteiger partial charge in [-0.15, -0.1) is 11.8 Å². The minimum absolute atomic E-state index is 0.112. The number of carbonyl (C=O) groups excluding carboxylic acids is 2. The largest absolute Gasteiger partial charge is 0.425 e. The second-order valence-electron chi connectivity index (χ2n) is 11.0. The highest BCUT2D eigenvalue weighted by Crippen LogP contribution is 2.45. The van der Waals surface area contributed by atoms with Gasteiger partial charge >= 0.3 is 5.97 Å². The number of esters is 1. The molecule has 0 spiro atoms. The molecule has 4 atom stereocenters. The molecule has 1 aromatic heterocycles. The lowest BCUT2D eigenvalue weighted by atomic mass is 9.72. The number of thioether (sulfide) groups is 1. The van der Waals surface area contributed by atoms with Gasteiger partial charge in [-0.25, -0.2) is 0 Å². The van der Waals surface area contributed by atoms with Crippen molar-refractivity contribution in [2.24, 2.45) is 5.92 Å². The Hall–Kier alpha value is -1.88. The molecule has 1 aliphatic heterocycles. The van der Waals surface area contributed by atoms with Crippen molar-refractivity contribution < 1.29 is 14.3 Å². The number of carbonyl (C=O) groups is 2. The number of likely N-dealkylation sites (N-methyl/N-ethyl adjacent to an activating group) is 1. The predicted octanol–water partition coefficient (Wildman–Crippen LogP) is 5.57. The normalized spacial score (nSPS) is 21.5. The van der Waals surface area contributed by atoms with Crippen molar-refractivity contribution in [2.45, 2.75) is 57.5 Å². The molecule has 0 amide bonds. The topological polar surface area (TPSA) is 74.4 Å². The molecule has 39 heavy (non-hydrogen) atoms. The van der Waals surface area contributed by atoms with Gasteiger partial charge in [0, 0.05) is 35.6 Å². The fourth-order valence-corrected chi connectivity index (χ4v) is 8.07. The van der Waals surface area contributed by atoms with Gasteiger partial charge in [0.15, 0.2) is 0 Å². The number of ketones is 1. The maximum absolute atomic E-state index is 12.7. The van der Waals surface area contributed by atoms with E-state index in [1.807, 2.05) is 18.2 Å².